The molecular weight excluding hydrogens is 487 g/mol. The van der Waals surface area contributed by atoms with Crippen LogP contribution in [-0.4, -0.2) is 0 Å². The Kier molecular flexibility index (Phi) is 3.97. The van der Waals surface area contributed by atoms with E-state index in [1.807, 2.05) is 22.7 Å². The molecule has 0 saturated carbocycles. The molecule has 7 rings (SSSR count). The van der Waals surface area contributed by atoms with Crippen LogP contribution in [0.5, 0.6) is 0 Å². The molecule has 7 aromatic rings. The van der Waals surface area contributed by atoms with E-state index in [-0.39, 0.29) is 0 Å². The molecule has 146 valence electrons. The Balaban J connectivity index is 1.78. The minimum atomic E-state index is 0.566. The fraction of sp³-hybridized carbons (Fsp3) is 0.0833. The van der Waals surface area contributed by atoms with E-state index < -0.39 is 0 Å². The number of alkyl halides is 2. The Hall–Kier alpha value is -1.40. The van der Waals surface area contributed by atoms with Crippen molar-refractivity contribution < 1.29 is 0 Å². The zero-order valence-electron chi connectivity index (χ0n) is 15.4. The molecule has 4 heterocycles. The molecule has 0 aliphatic carbocycles. The fourth-order valence-electron chi connectivity index (χ4n) is 4.57. The highest BCUT2D eigenvalue weighted by atomic mass is 35.5. The second-order valence-corrected chi connectivity index (χ2v) is 12.4. The molecule has 0 spiro atoms. The average molecular weight is 500 g/mol. The molecule has 0 amide bonds. The highest BCUT2D eigenvalue weighted by Crippen LogP contribution is 2.49. The molecular formula is C24H12Cl2S4. The summed E-state index contributed by atoms with van der Waals surface area (Å²) in [7, 11) is 0. The summed E-state index contributed by atoms with van der Waals surface area (Å²) in [5, 5.41) is 8.24. The number of thiophene rings is 4. The van der Waals surface area contributed by atoms with Crippen LogP contribution < -0.4 is 0 Å². The summed E-state index contributed by atoms with van der Waals surface area (Å²) in [6, 6.07) is 18.2. The summed E-state index contributed by atoms with van der Waals surface area (Å²) in [5.74, 6) is 1.13. The molecule has 6 heteroatoms. The smallest absolute Gasteiger partial charge is 0.0568 e. The summed E-state index contributed by atoms with van der Waals surface area (Å²) in [6.07, 6.45) is 0. The average Bonchev–Trinajstić information content (AvgIpc) is 3.51. The second kappa shape index (κ2) is 6.55. The van der Waals surface area contributed by atoms with Gasteiger partial charge in [-0.15, -0.1) is 68.5 Å². The SMILES string of the molecule is ClCc1cc2c(ccc3sc4ccc5sc6ccc7sc(CCl)cc7c6c5c4c32)s1. The first-order valence-corrected chi connectivity index (χ1v) is 13.8. The van der Waals surface area contributed by atoms with Crippen LogP contribution in [0.4, 0.5) is 0 Å². The zero-order valence-corrected chi connectivity index (χ0v) is 20.2. The van der Waals surface area contributed by atoms with E-state index in [4.69, 9.17) is 23.2 Å². The van der Waals surface area contributed by atoms with Crippen LogP contribution in [0.1, 0.15) is 9.75 Å². The standard InChI is InChI=1S/C24H12Cl2S4/c25-9-11-7-13-15(27-11)1-3-17-21(13)23-19(29-17)5-6-20-24(23)22-14-8-12(10-26)28-16(14)2-4-18(22)30-20/h1-8H,9-10H2. The maximum Gasteiger partial charge on any atom is 0.0568 e. The van der Waals surface area contributed by atoms with E-state index in [2.05, 4.69) is 48.5 Å². The van der Waals surface area contributed by atoms with E-state index >= 15 is 0 Å². The first-order valence-electron chi connectivity index (χ1n) is 9.51. The van der Waals surface area contributed by atoms with Gasteiger partial charge in [-0.05, 0) is 48.5 Å². The molecule has 0 unspecified atom stereocenters. The van der Waals surface area contributed by atoms with Crippen molar-refractivity contribution >= 4 is 129 Å². The first-order chi connectivity index (χ1) is 14.7. The van der Waals surface area contributed by atoms with Gasteiger partial charge >= 0.3 is 0 Å². The Morgan fingerprint density at radius 2 is 0.833 bits per heavy atom. The van der Waals surface area contributed by atoms with E-state index in [0.29, 0.717) is 11.8 Å². The van der Waals surface area contributed by atoms with Gasteiger partial charge < -0.3 is 0 Å². The zero-order chi connectivity index (χ0) is 20.0. The summed E-state index contributed by atoms with van der Waals surface area (Å²) in [4.78, 5) is 2.46. The van der Waals surface area contributed by atoms with Gasteiger partial charge in [-0.2, -0.15) is 0 Å². The normalized spacial score (nSPS) is 12.6. The van der Waals surface area contributed by atoms with Crippen molar-refractivity contribution in [3.63, 3.8) is 0 Å². The van der Waals surface area contributed by atoms with Crippen molar-refractivity contribution in [1.29, 1.82) is 0 Å². The minimum Gasteiger partial charge on any atom is -0.139 e. The molecule has 0 fully saturated rings. The minimum absolute atomic E-state index is 0.566. The number of benzene rings is 3. The predicted octanol–water partition coefficient (Wildman–Crippen LogP) is 10.3. The summed E-state index contributed by atoms with van der Waals surface area (Å²) >= 11 is 19.8. The van der Waals surface area contributed by atoms with Gasteiger partial charge in [0.25, 0.3) is 0 Å². The largest absolute Gasteiger partial charge is 0.139 e. The lowest BCUT2D eigenvalue weighted by molar-refractivity contribution is 1.54. The van der Waals surface area contributed by atoms with Gasteiger partial charge in [0, 0.05) is 70.3 Å². The Morgan fingerprint density at radius 3 is 1.23 bits per heavy atom. The molecule has 4 aromatic heterocycles. The van der Waals surface area contributed by atoms with Gasteiger partial charge in [0.15, 0.2) is 0 Å². The summed E-state index contributed by atoms with van der Waals surface area (Å²) < 4.78 is 8.05. The van der Waals surface area contributed by atoms with Gasteiger partial charge in [-0.25, -0.2) is 0 Å². The lowest BCUT2D eigenvalue weighted by Gasteiger charge is -2.00. The van der Waals surface area contributed by atoms with Gasteiger partial charge in [-0.3, -0.25) is 0 Å². The van der Waals surface area contributed by atoms with Crippen molar-refractivity contribution in [2.75, 3.05) is 0 Å². The van der Waals surface area contributed by atoms with Crippen LogP contribution in [-0.2, 0) is 11.8 Å². The topological polar surface area (TPSA) is 0 Å². The van der Waals surface area contributed by atoms with Crippen LogP contribution in [0.2, 0.25) is 0 Å². The van der Waals surface area contributed by atoms with Crippen molar-refractivity contribution in [3.8, 4) is 0 Å². The number of halogens is 2. The summed E-state index contributed by atoms with van der Waals surface area (Å²) in [5.41, 5.74) is 0. The van der Waals surface area contributed by atoms with E-state index in [9.17, 15) is 0 Å². The highest BCUT2D eigenvalue weighted by molar-refractivity contribution is 7.28. The van der Waals surface area contributed by atoms with Crippen LogP contribution in [0.25, 0.3) is 60.5 Å². The Labute approximate surface area is 197 Å². The molecule has 0 atom stereocenters. The third kappa shape index (κ3) is 2.38. The summed E-state index contributed by atoms with van der Waals surface area (Å²) in [6.45, 7) is 0. The van der Waals surface area contributed by atoms with E-state index in [1.165, 1.54) is 70.3 Å². The molecule has 3 aromatic carbocycles. The third-order valence-electron chi connectivity index (χ3n) is 5.76. The van der Waals surface area contributed by atoms with Crippen molar-refractivity contribution in [2.45, 2.75) is 11.8 Å². The molecule has 0 nitrogen and oxygen atoms in total. The number of hydrogen-bond acceptors (Lipinski definition) is 4. The monoisotopic (exact) mass is 498 g/mol. The maximum atomic E-state index is 6.18. The van der Waals surface area contributed by atoms with E-state index in [0.717, 1.165) is 0 Å². The van der Waals surface area contributed by atoms with Crippen LogP contribution in [0.15, 0.2) is 48.5 Å². The molecule has 30 heavy (non-hydrogen) atoms. The number of fused-ring (bicyclic) bond motifs is 11. The Bertz CT molecular complexity index is 1650. The van der Waals surface area contributed by atoms with Crippen molar-refractivity contribution in [2.24, 2.45) is 0 Å². The Morgan fingerprint density at radius 1 is 0.467 bits per heavy atom. The third-order valence-corrected chi connectivity index (χ3v) is 11.1. The number of hydrogen-bond donors (Lipinski definition) is 0. The second-order valence-electron chi connectivity index (χ2n) is 7.41. The van der Waals surface area contributed by atoms with E-state index in [1.54, 1.807) is 22.7 Å². The number of rotatable bonds is 2. The molecule has 0 aliphatic heterocycles. The quantitative estimate of drug-likeness (QED) is 0.208. The molecule has 0 N–H and O–H groups in total. The van der Waals surface area contributed by atoms with Gasteiger partial charge in [-0.1, -0.05) is 0 Å². The van der Waals surface area contributed by atoms with Crippen LogP contribution >= 0.6 is 68.5 Å². The highest BCUT2D eigenvalue weighted by Gasteiger charge is 2.18. The molecule has 0 bridgehead atoms. The molecule has 0 saturated heterocycles. The maximum absolute atomic E-state index is 6.18. The lowest BCUT2D eigenvalue weighted by atomic mass is 10.0. The lowest BCUT2D eigenvalue weighted by Crippen LogP contribution is -1.73. The van der Waals surface area contributed by atoms with Crippen molar-refractivity contribution in [1.82, 2.24) is 0 Å². The van der Waals surface area contributed by atoms with Crippen molar-refractivity contribution in [3.05, 3.63) is 58.3 Å². The molecule has 0 aliphatic rings. The van der Waals surface area contributed by atoms with Gasteiger partial charge in [0.05, 0.1) is 11.8 Å². The van der Waals surface area contributed by atoms with Crippen LogP contribution in [0, 0.1) is 0 Å². The van der Waals surface area contributed by atoms with Crippen LogP contribution in [0.3, 0.4) is 0 Å². The first kappa shape index (κ1) is 18.2. The fourth-order valence-corrected chi connectivity index (χ4v) is 9.16. The van der Waals surface area contributed by atoms with Gasteiger partial charge in [0.1, 0.15) is 0 Å². The predicted molar refractivity (Wildman–Crippen MR) is 142 cm³/mol. The van der Waals surface area contributed by atoms with Gasteiger partial charge in [0.2, 0.25) is 0 Å². The molecule has 0 radical (unpaired) electrons.